The quantitative estimate of drug-likeness (QED) is 0.324. The molecule has 2 atom stereocenters. The summed E-state index contributed by atoms with van der Waals surface area (Å²) >= 11 is 0. The van der Waals surface area contributed by atoms with Crippen molar-refractivity contribution in [1.82, 2.24) is 0 Å². The molecule has 0 aromatic heterocycles. The van der Waals surface area contributed by atoms with Crippen molar-refractivity contribution >= 4 is 0 Å². The fourth-order valence-corrected chi connectivity index (χ4v) is 2.97. The summed E-state index contributed by atoms with van der Waals surface area (Å²) in [6.45, 7) is 3.94. The fourth-order valence-electron chi connectivity index (χ4n) is 2.97. The third-order valence-electron chi connectivity index (χ3n) is 4.63. The van der Waals surface area contributed by atoms with Crippen molar-refractivity contribution in [3.05, 3.63) is 0 Å². The molecule has 0 saturated carbocycles. The van der Waals surface area contributed by atoms with Crippen molar-refractivity contribution in [1.29, 1.82) is 0 Å². The zero-order valence-electron chi connectivity index (χ0n) is 15.4. The van der Waals surface area contributed by atoms with E-state index < -0.39 is 0 Å². The summed E-state index contributed by atoms with van der Waals surface area (Å²) < 4.78 is 0. The SMILES string of the molecule is CCC(O)CCCCCCCCCCCCCCCC(C)O. The Hall–Kier alpha value is -0.0800. The van der Waals surface area contributed by atoms with Gasteiger partial charge in [-0.2, -0.15) is 0 Å². The Bertz CT molecular complexity index is 204. The Balaban J connectivity index is 3.00. The Morgan fingerprint density at radius 3 is 1.18 bits per heavy atom. The van der Waals surface area contributed by atoms with Gasteiger partial charge in [0.05, 0.1) is 12.2 Å². The van der Waals surface area contributed by atoms with E-state index in [9.17, 15) is 5.11 Å². The topological polar surface area (TPSA) is 40.5 Å². The standard InChI is InChI=1S/C20H42O2/c1-3-20(22)18-16-14-12-10-8-6-4-5-7-9-11-13-15-17-19(2)21/h19-22H,3-18H2,1-2H3. The van der Waals surface area contributed by atoms with Crippen molar-refractivity contribution in [2.75, 3.05) is 0 Å². The Labute approximate surface area is 139 Å². The van der Waals surface area contributed by atoms with Gasteiger partial charge in [0.25, 0.3) is 0 Å². The molecule has 0 amide bonds. The highest BCUT2D eigenvalue weighted by atomic mass is 16.3. The number of unbranched alkanes of at least 4 members (excludes halogenated alkanes) is 12. The molecule has 0 aromatic rings. The van der Waals surface area contributed by atoms with Gasteiger partial charge >= 0.3 is 0 Å². The lowest BCUT2D eigenvalue weighted by Crippen LogP contribution is -2.03. The maximum absolute atomic E-state index is 9.46. The number of hydrogen-bond acceptors (Lipinski definition) is 2. The summed E-state index contributed by atoms with van der Waals surface area (Å²) in [6, 6.07) is 0. The normalized spacial score (nSPS) is 14.2. The van der Waals surface area contributed by atoms with E-state index in [2.05, 4.69) is 6.92 Å². The predicted molar refractivity (Wildman–Crippen MR) is 97.2 cm³/mol. The second-order valence-corrected chi connectivity index (χ2v) is 7.08. The van der Waals surface area contributed by atoms with Crippen molar-refractivity contribution < 1.29 is 10.2 Å². The predicted octanol–water partition coefficient (Wildman–Crippen LogP) is 5.99. The number of aliphatic hydroxyl groups is 2. The summed E-state index contributed by atoms with van der Waals surface area (Å²) in [5, 5.41) is 18.6. The molecule has 0 rings (SSSR count). The van der Waals surface area contributed by atoms with E-state index in [1.54, 1.807) is 0 Å². The third kappa shape index (κ3) is 18.0. The summed E-state index contributed by atoms with van der Waals surface area (Å²) in [4.78, 5) is 0. The maximum Gasteiger partial charge on any atom is 0.0537 e. The van der Waals surface area contributed by atoms with Gasteiger partial charge in [0.1, 0.15) is 0 Å². The van der Waals surface area contributed by atoms with Crippen LogP contribution in [-0.4, -0.2) is 22.4 Å². The summed E-state index contributed by atoms with van der Waals surface area (Å²) in [5.74, 6) is 0. The highest BCUT2D eigenvalue weighted by Crippen LogP contribution is 2.14. The molecular formula is C20H42O2. The van der Waals surface area contributed by atoms with Crippen LogP contribution in [0.1, 0.15) is 117 Å². The van der Waals surface area contributed by atoms with Gasteiger partial charge in [0.2, 0.25) is 0 Å². The smallest absolute Gasteiger partial charge is 0.0537 e. The first kappa shape index (κ1) is 21.9. The lowest BCUT2D eigenvalue weighted by molar-refractivity contribution is 0.156. The molecule has 22 heavy (non-hydrogen) atoms. The zero-order valence-corrected chi connectivity index (χ0v) is 15.4. The van der Waals surface area contributed by atoms with E-state index in [1.807, 2.05) is 6.92 Å². The molecule has 0 aliphatic rings. The van der Waals surface area contributed by atoms with Crippen LogP contribution in [0.4, 0.5) is 0 Å². The maximum atomic E-state index is 9.46. The molecule has 0 bridgehead atoms. The van der Waals surface area contributed by atoms with E-state index in [4.69, 9.17) is 5.11 Å². The fraction of sp³-hybridized carbons (Fsp3) is 1.00. The van der Waals surface area contributed by atoms with Crippen LogP contribution in [0.2, 0.25) is 0 Å². The molecule has 2 unspecified atom stereocenters. The molecule has 0 saturated heterocycles. The van der Waals surface area contributed by atoms with Gasteiger partial charge in [-0.05, 0) is 26.2 Å². The minimum absolute atomic E-state index is 0.0629. The van der Waals surface area contributed by atoms with Crippen LogP contribution >= 0.6 is 0 Å². The molecule has 0 spiro atoms. The van der Waals surface area contributed by atoms with Crippen LogP contribution in [-0.2, 0) is 0 Å². The van der Waals surface area contributed by atoms with E-state index in [0.29, 0.717) is 0 Å². The molecule has 0 aromatic carbocycles. The first-order valence-corrected chi connectivity index (χ1v) is 10.0. The van der Waals surface area contributed by atoms with Gasteiger partial charge in [0, 0.05) is 0 Å². The summed E-state index contributed by atoms with van der Waals surface area (Å²) in [6.07, 6.45) is 20.1. The van der Waals surface area contributed by atoms with Gasteiger partial charge in [-0.1, -0.05) is 90.4 Å². The Kier molecular flexibility index (Phi) is 17.2. The molecular weight excluding hydrogens is 272 g/mol. The van der Waals surface area contributed by atoms with Crippen LogP contribution in [0, 0.1) is 0 Å². The van der Waals surface area contributed by atoms with Crippen molar-refractivity contribution in [3.8, 4) is 0 Å². The third-order valence-corrected chi connectivity index (χ3v) is 4.63. The average Bonchev–Trinajstić information content (AvgIpc) is 2.50. The minimum atomic E-state index is -0.114. The number of hydrogen-bond donors (Lipinski definition) is 2. The summed E-state index contributed by atoms with van der Waals surface area (Å²) in [5.41, 5.74) is 0. The highest BCUT2D eigenvalue weighted by molar-refractivity contribution is 4.54. The minimum Gasteiger partial charge on any atom is -0.393 e. The largest absolute Gasteiger partial charge is 0.393 e. The van der Waals surface area contributed by atoms with Gasteiger partial charge in [-0.15, -0.1) is 0 Å². The van der Waals surface area contributed by atoms with E-state index in [-0.39, 0.29) is 12.2 Å². The molecule has 2 N–H and O–H groups in total. The first-order chi connectivity index (χ1) is 10.7. The molecule has 0 fully saturated rings. The van der Waals surface area contributed by atoms with Crippen LogP contribution in [0.15, 0.2) is 0 Å². The molecule has 0 radical (unpaired) electrons. The average molecular weight is 315 g/mol. The molecule has 0 aliphatic carbocycles. The lowest BCUT2D eigenvalue weighted by Gasteiger charge is -2.07. The van der Waals surface area contributed by atoms with E-state index in [0.717, 1.165) is 19.3 Å². The Morgan fingerprint density at radius 2 is 0.864 bits per heavy atom. The Morgan fingerprint density at radius 1 is 0.545 bits per heavy atom. The lowest BCUT2D eigenvalue weighted by atomic mass is 10.0. The van der Waals surface area contributed by atoms with Crippen molar-refractivity contribution in [3.63, 3.8) is 0 Å². The molecule has 2 heteroatoms. The molecule has 134 valence electrons. The second kappa shape index (κ2) is 17.3. The van der Waals surface area contributed by atoms with Crippen molar-refractivity contribution in [2.45, 2.75) is 129 Å². The van der Waals surface area contributed by atoms with E-state index in [1.165, 1.54) is 83.5 Å². The van der Waals surface area contributed by atoms with Crippen LogP contribution in [0.3, 0.4) is 0 Å². The van der Waals surface area contributed by atoms with Gasteiger partial charge < -0.3 is 10.2 Å². The van der Waals surface area contributed by atoms with Crippen LogP contribution in [0.25, 0.3) is 0 Å². The molecule has 0 aliphatic heterocycles. The van der Waals surface area contributed by atoms with Crippen molar-refractivity contribution in [2.24, 2.45) is 0 Å². The number of aliphatic hydroxyl groups excluding tert-OH is 2. The van der Waals surface area contributed by atoms with Gasteiger partial charge in [-0.3, -0.25) is 0 Å². The highest BCUT2D eigenvalue weighted by Gasteiger charge is 1.99. The molecule has 0 heterocycles. The van der Waals surface area contributed by atoms with E-state index >= 15 is 0 Å². The van der Waals surface area contributed by atoms with Crippen LogP contribution < -0.4 is 0 Å². The molecule has 2 nitrogen and oxygen atoms in total. The van der Waals surface area contributed by atoms with Gasteiger partial charge in [-0.25, -0.2) is 0 Å². The first-order valence-electron chi connectivity index (χ1n) is 10.0. The second-order valence-electron chi connectivity index (χ2n) is 7.08. The summed E-state index contributed by atoms with van der Waals surface area (Å²) in [7, 11) is 0. The zero-order chi connectivity index (χ0) is 16.5. The van der Waals surface area contributed by atoms with Crippen LogP contribution in [0.5, 0.6) is 0 Å². The monoisotopic (exact) mass is 314 g/mol. The van der Waals surface area contributed by atoms with Gasteiger partial charge in [0.15, 0.2) is 0 Å². The number of rotatable bonds is 17.